The van der Waals surface area contributed by atoms with E-state index < -0.39 is 74.0 Å². The van der Waals surface area contributed by atoms with Gasteiger partial charge in [-0.05, 0) is 0 Å². The second kappa shape index (κ2) is 10.0. The second-order valence-electron chi connectivity index (χ2n) is 6.35. The van der Waals surface area contributed by atoms with Gasteiger partial charge in [-0.2, -0.15) is 0 Å². The van der Waals surface area contributed by atoms with E-state index in [0.717, 1.165) is 7.11 Å². The first-order valence-electron chi connectivity index (χ1n) is 8.54. The zero-order valence-corrected chi connectivity index (χ0v) is 15.1. The van der Waals surface area contributed by atoms with E-state index in [9.17, 15) is 35.4 Å². The molecule has 2 saturated heterocycles. The molecule has 0 aromatic rings. The molecule has 0 aromatic heterocycles. The average Bonchev–Trinajstić information content (AvgIpc) is 2.70. The van der Waals surface area contributed by atoms with Crippen molar-refractivity contribution in [1.29, 1.82) is 0 Å². The Kier molecular flexibility index (Phi) is 8.27. The zero-order chi connectivity index (χ0) is 21.0. The maximum absolute atomic E-state index is 12.1. The first-order chi connectivity index (χ1) is 13.3. The van der Waals surface area contributed by atoms with Crippen molar-refractivity contribution in [3.63, 3.8) is 0 Å². The van der Waals surface area contributed by atoms with E-state index in [0.29, 0.717) is 0 Å². The van der Waals surface area contributed by atoms with Crippen LogP contribution < -0.4 is 0 Å². The SMILES string of the molecule is C=CCO[C@@H]1O[C@H](C(=O)OC)[C@@H](O[C@@H]2O[C@H](CO)[C@@H](O)[C@H](O)[C@@H]2O)[C@H](O)[C@H]1O. The molecule has 0 unspecified atom stereocenters. The standard InChI is InChI=1S/C16H26O12/c1-3-4-25-15-11(22)9(20)12(13(28-15)14(23)24-2)27-16-10(21)8(19)7(18)6(5-17)26-16/h3,6-13,15-22H,1,4-5H2,2H3/t6-,7-,8+,9-,10+,11-,12+,13+,15-,16+/m1/s1. The van der Waals surface area contributed by atoms with Crippen LogP contribution in [0.5, 0.6) is 0 Å². The normalized spacial score (nSPS) is 44.1. The molecule has 0 aromatic carbocycles. The Morgan fingerprint density at radius 1 is 1.00 bits per heavy atom. The Hall–Kier alpha value is -1.19. The molecule has 0 spiro atoms. The summed E-state index contributed by atoms with van der Waals surface area (Å²) in [5, 5.41) is 59.6. The summed E-state index contributed by atoms with van der Waals surface area (Å²) in [5.74, 6) is -0.965. The molecule has 10 atom stereocenters. The van der Waals surface area contributed by atoms with Crippen molar-refractivity contribution in [3.8, 4) is 0 Å². The first-order valence-corrected chi connectivity index (χ1v) is 8.54. The van der Waals surface area contributed by atoms with Crippen molar-refractivity contribution in [2.75, 3.05) is 20.3 Å². The lowest BCUT2D eigenvalue weighted by molar-refractivity contribution is -0.353. The van der Waals surface area contributed by atoms with Crippen molar-refractivity contribution in [2.24, 2.45) is 0 Å². The Balaban J connectivity index is 2.20. The van der Waals surface area contributed by atoms with Crippen molar-refractivity contribution >= 4 is 5.97 Å². The third-order valence-electron chi connectivity index (χ3n) is 4.50. The van der Waals surface area contributed by atoms with Crippen LogP contribution in [0.15, 0.2) is 12.7 Å². The molecule has 0 bridgehead atoms. The number of rotatable bonds is 7. The molecule has 2 rings (SSSR count). The van der Waals surface area contributed by atoms with E-state index in [4.69, 9.17) is 18.9 Å². The van der Waals surface area contributed by atoms with Gasteiger partial charge >= 0.3 is 5.97 Å². The summed E-state index contributed by atoms with van der Waals surface area (Å²) in [6, 6.07) is 0. The average molecular weight is 410 g/mol. The molecule has 0 amide bonds. The topological polar surface area (TPSA) is 185 Å². The molecule has 2 fully saturated rings. The number of hydrogen-bond donors (Lipinski definition) is 6. The molecule has 0 aliphatic carbocycles. The van der Waals surface area contributed by atoms with Crippen LogP contribution in [0.1, 0.15) is 0 Å². The number of methoxy groups -OCH3 is 1. The van der Waals surface area contributed by atoms with Gasteiger partial charge in [0.15, 0.2) is 18.7 Å². The maximum Gasteiger partial charge on any atom is 0.337 e. The lowest BCUT2D eigenvalue weighted by Crippen LogP contribution is -2.65. The van der Waals surface area contributed by atoms with Crippen LogP contribution in [0, 0.1) is 0 Å². The minimum Gasteiger partial charge on any atom is -0.467 e. The van der Waals surface area contributed by atoms with E-state index in [1.165, 1.54) is 6.08 Å². The van der Waals surface area contributed by atoms with Gasteiger partial charge in [-0.25, -0.2) is 4.79 Å². The summed E-state index contributed by atoms with van der Waals surface area (Å²) in [5.41, 5.74) is 0. The monoisotopic (exact) mass is 410 g/mol. The van der Waals surface area contributed by atoms with E-state index in [-0.39, 0.29) is 6.61 Å². The lowest BCUT2D eigenvalue weighted by atomic mass is 9.96. The highest BCUT2D eigenvalue weighted by atomic mass is 16.7. The smallest absolute Gasteiger partial charge is 0.337 e. The van der Waals surface area contributed by atoms with Crippen molar-refractivity contribution in [1.82, 2.24) is 0 Å². The molecule has 0 saturated carbocycles. The van der Waals surface area contributed by atoms with Gasteiger partial charge in [-0.3, -0.25) is 0 Å². The van der Waals surface area contributed by atoms with E-state index in [1.807, 2.05) is 0 Å². The number of aliphatic hydroxyl groups excluding tert-OH is 6. The Labute approximate surface area is 160 Å². The van der Waals surface area contributed by atoms with Crippen LogP contribution in [0.4, 0.5) is 0 Å². The Bertz CT molecular complexity index is 528. The number of carbonyl (C=O) groups is 1. The van der Waals surface area contributed by atoms with Gasteiger partial charge < -0.3 is 54.3 Å². The molecule has 12 nitrogen and oxygen atoms in total. The second-order valence-corrected chi connectivity index (χ2v) is 6.35. The highest BCUT2D eigenvalue weighted by molar-refractivity contribution is 5.75. The summed E-state index contributed by atoms with van der Waals surface area (Å²) < 4.78 is 25.7. The third kappa shape index (κ3) is 4.68. The molecule has 2 aliphatic heterocycles. The number of ether oxygens (including phenoxy) is 5. The van der Waals surface area contributed by atoms with Crippen molar-refractivity contribution in [3.05, 3.63) is 12.7 Å². The third-order valence-corrected chi connectivity index (χ3v) is 4.50. The number of hydrogen-bond acceptors (Lipinski definition) is 12. The Morgan fingerprint density at radius 3 is 2.21 bits per heavy atom. The lowest BCUT2D eigenvalue weighted by Gasteiger charge is -2.45. The van der Waals surface area contributed by atoms with Crippen LogP contribution in [0.2, 0.25) is 0 Å². The van der Waals surface area contributed by atoms with Gasteiger partial charge in [0.05, 0.1) is 20.3 Å². The van der Waals surface area contributed by atoms with Crippen LogP contribution >= 0.6 is 0 Å². The zero-order valence-electron chi connectivity index (χ0n) is 15.1. The molecular weight excluding hydrogens is 384 g/mol. The fraction of sp³-hybridized carbons (Fsp3) is 0.812. The molecule has 6 N–H and O–H groups in total. The quantitative estimate of drug-likeness (QED) is 0.177. The first kappa shape index (κ1) is 23.1. The maximum atomic E-state index is 12.1. The van der Waals surface area contributed by atoms with Gasteiger partial charge in [-0.15, -0.1) is 6.58 Å². The molecule has 28 heavy (non-hydrogen) atoms. The van der Waals surface area contributed by atoms with Gasteiger partial charge in [0, 0.05) is 0 Å². The number of aliphatic hydroxyl groups is 6. The summed E-state index contributed by atoms with van der Waals surface area (Å²) in [7, 11) is 1.06. The van der Waals surface area contributed by atoms with Crippen LogP contribution in [-0.4, -0.2) is 118 Å². The van der Waals surface area contributed by atoms with Gasteiger partial charge in [0.25, 0.3) is 0 Å². The predicted octanol–water partition coefficient (Wildman–Crippen LogP) is -4.01. The van der Waals surface area contributed by atoms with Gasteiger partial charge in [0.1, 0.15) is 42.7 Å². The van der Waals surface area contributed by atoms with Gasteiger partial charge in [0.2, 0.25) is 0 Å². The fourth-order valence-electron chi connectivity index (χ4n) is 2.93. The summed E-state index contributed by atoms with van der Waals surface area (Å²) >= 11 is 0. The summed E-state index contributed by atoms with van der Waals surface area (Å²) in [6.45, 7) is 2.70. The molecule has 2 aliphatic rings. The van der Waals surface area contributed by atoms with Crippen molar-refractivity contribution < 1.29 is 59.1 Å². The summed E-state index contributed by atoms with van der Waals surface area (Å²) in [4.78, 5) is 12.1. The molecule has 12 heteroatoms. The molecular formula is C16H26O12. The van der Waals surface area contributed by atoms with Crippen LogP contribution in [-0.2, 0) is 28.5 Å². The van der Waals surface area contributed by atoms with E-state index in [2.05, 4.69) is 11.3 Å². The minimum atomic E-state index is -1.78. The van der Waals surface area contributed by atoms with E-state index in [1.54, 1.807) is 0 Å². The largest absolute Gasteiger partial charge is 0.467 e. The Morgan fingerprint density at radius 2 is 1.64 bits per heavy atom. The predicted molar refractivity (Wildman–Crippen MR) is 87.5 cm³/mol. The molecule has 2 heterocycles. The fourth-order valence-corrected chi connectivity index (χ4v) is 2.93. The number of esters is 1. The van der Waals surface area contributed by atoms with Gasteiger partial charge in [-0.1, -0.05) is 6.08 Å². The van der Waals surface area contributed by atoms with Crippen molar-refractivity contribution in [2.45, 2.75) is 61.4 Å². The molecule has 162 valence electrons. The van der Waals surface area contributed by atoms with E-state index >= 15 is 0 Å². The number of carbonyl (C=O) groups excluding carboxylic acids is 1. The summed E-state index contributed by atoms with van der Waals surface area (Å²) in [6.07, 6.45) is -14.6. The van der Waals surface area contributed by atoms with Crippen LogP contribution in [0.3, 0.4) is 0 Å². The highest BCUT2D eigenvalue weighted by Crippen LogP contribution is 2.30. The van der Waals surface area contributed by atoms with Crippen LogP contribution in [0.25, 0.3) is 0 Å². The minimum absolute atomic E-state index is 0.0411. The molecule has 0 radical (unpaired) electrons. The highest BCUT2D eigenvalue weighted by Gasteiger charge is 2.53.